The molecule has 0 spiro atoms. The van der Waals surface area contributed by atoms with Gasteiger partial charge in [0.1, 0.15) is 5.82 Å². The van der Waals surface area contributed by atoms with Gasteiger partial charge >= 0.3 is 12.4 Å². The Hall–Kier alpha value is -2.53. The second kappa shape index (κ2) is 12.6. The van der Waals surface area contributed by atoms with Crippen molar-refractivity contribution in [3.05, 3.63) is 53.9 Å². The molecule has 1 aromatic carbocycles. The van der Waals surface area contributed by atoms with Crippen molar-refractivity contribution < 1.29 is 30.8 Å². The Kier molecular flexibility index (Phi) is 10.2. The third-order valence-electron chi connectivity index (χ3n) is 8.24. The highest BCUT2D eigenvalue weighted by Crippen LogP contribution is 2.41. The third kappa shape index (κ3) is 8.30. The Balaban J connectivity index is 1.88. The summed E-state index contributed by atoms with van der Waals surface area (Å²) in [5.74, 6) is 0.927. The van der Waals surface area contributed by atoms with E-state index in [2.05, 4.69) is 69.5 Å². The number of hydrogen-bond donors (Lipinski definition) is 1. The average molecular weight is 616 g/mol. The molecule has 4 nitrogen and oxygen atoms in total. The molecule has 0 radical (unpaired) electrons. The Morgan fingerprint density at radius 1 is 0.929 bits per heavy atom. The summed E-state index contributed by atoms with van der Waals surface area (Å²) < 4.78 is 89.2. The van der Waals surface area contributed by atoms with E-state index >= 15 is 0 Å². The van der Waals surface area contributed by atoms with Crippen LogP contribution in [0.15, 0.2) is 42.7 Å². The van der Waals surface area contributed by atoms with Gasteiger partial charge in [0.25, 0.3) is 0 Å². The van der Waals surface area contributed by atoms with E-state index < -0.39 is 37.5 Å². The van der Waals surface area contributed by atoms with Crippen molar-refractivity contribution in [2.45, 2.75) is 97.3 Å². The first-order chi connectivity index (χ1) is 19.2. The van der Waals surface area contributed by atoms with E-state index in [1.54, 1.807) is 6.07 Å². The molecule has 2 aromatic heterocycles. The van der Waals surface area contributed by atoms with Gasteiger partial charge in [0.05, 0.1) is 22.3 Å². The summed E-state index contributed by atoms with van der Waals surface area (Å²) in [6, 6.07) is 5.31. The van der Waals surface area contributed by atoms with E-state index in [0.717, 1.165) is 30.8 Å². The van der Waals surface area contributed by atoms with Crippen molar-refractivity contribution in [3.8, 4) is 0 Å². The average Bonchev–Trinajstić information content (AvgIpc) is 3.26. The highest BCUT2D eigenvalue weighted by molar-refractivity contribution is 6.74. The van der Waals surface area contributed by atoms with Gasteiger partial charge in [0.2, 0.25) is 0 Å². The lowest BCUT2D eigenvalue weighted by atomic mass is 9.92. The molecule has 234 valence electrons. The number of aromatic nitrogens is 2. The number of anilines is 2. The molecule has 3 rings (SSSR count). The zero-order chi connectivity index (χ0) is 31.7. The van der Waals surface area contributed by atoms with Crippen LogP contribution in [0.5, 0.6) is 0 Å². The van der Waals surface area contributed by atoms with Crippen LogP contribution in [-0.4, -0.2) is 24.5 Å². The van der Waals surface area contributed by atoms with Crippen LogP contribution in [0.1, 0.15) is 78.0 Å². The van der Waals surface area contributed by atoms with Crippen molar-refractivity contribution in [2.24, 2.45) is 11.8 Å². The molecular formula is C31H43F6N3OSi. The number of nitrogens with one attached hydrogen (secondary N) is 1. The summed E-state index contributed by atoms with van der Waals surface area (Å²) >= 11 is 0. The summed E-state index contributed by atoms with van der Waals surface area (Å²) in [5.41, 5.74) is -2.46. The fourth-order valence-electron chi connectivity index (χ4n) is 4.88. The molecule has 0 aliphatic rings. The van der Waals surface area contributed by atoms with Gasteiger partial charge in [0.15, 0.2) is 8.32 Å². The van der Waals surface area contributed by atoms with E-state index in [4.69, 9.17) is 4.43 Å². The Labute approximate surface area is 246 Å². The smallest absolute Gasteiger partial charge is 0.417 e. The maximum Gasteiger partial charge on any atom is 0.418 e. The standard InChI is InChI=1S/C31H43F6N3OSi/c1-20(2)17-23(18-21(3)13-16-41-42(7,8)29(4,5)6)40-15-12-24-27(40)11-14-38-28(24)39-26-10-9-22(30(32,33)34)19-25(26)31(35,36)37/h9-12,14-15,19-21,23H,13,16-18H2,1-8H3,(H,38,39). The number of pyridine rings is 1. The Morgan fingerprint density at radius 3 is 2.17 bits per heavy atom. The van der Waals surface area contributed by atoms with Crippen molar-refractivity contribution in [3.63, 3.8) is 0 Å². The summed E-state index contributed by atoms with van der Waals surface area (Å²) in [4.78, 5) is 4.25. The van der Waals surface area contributed by atoms with Gasteiger partial charge < -0.3 is 14.3 Å². The topological polar surface area (TPSA) is 39.1 Å². The zero-order valence-electron chi connectivity index (χ0n) is 25.7. The highest BCUT2D eigenvalue weighted by atomic mass is 28.4. The van der Waals surface area contributed by atoms with Crippen LogP contribution in [0, 0.1) is 11.8 Å². The molecule has 0 aliphatic heterocycles. The SMILES string of the molecule is CC(C)CC(CC(C)CCO[Si](C)(C)C(C)(C)C)n1ccc2c(Nc3ccc(C(F)(F)F)cc3C(F)(F)F)nccc21. The van der Waals surface area contributed by atoms with E-state index in [0.29, 0.717) is 29.9 Å². The maximum atomic E-state index is 13.8. The fraction of sp³-hybridized carbons (Fsp3) is 0.581. The number of nitrogens with zero attached hydrogens (tertiary/aromatic N) is 2. The number of hydrogen-bond acceptors (Lipinski definition) is 3. The van der Waals surface area contributed by atoms with Crippen LogP contribution < -0.4 is 5.32 Å². The molecule has 3 aromatic rings. The number of alkyl halides is 6. The number of rotatable bonds is 11. The molecule has 11 heteroatoms. The predicted octanol–water partition coefficient (Wildman–Crippen LogP) is 10.8. The van der Waals surface area contributed by atoms with Gasteiger partial charge in [-0.3, -0.25) is 0 Å². The summed E-state index contributed by atoms with van der Waals surface area (Å²) in [5, 5.41) is 3.40. The first-order valence-corrected chi connectivity index (χ1v) is 17.3. The van der Waals surface area contributed by atoms with Crippen LogP contribution in [0.25, 0.3) is 10.9 Å². The quantitative estimate of drug-likeness (QED) is 0.172. The minimum absolute atomic E-state index is 0.127. The van der Waals surface area contributed by atoms with Gasteiger partial charge in [-0.25, -0.2) is 4.98 Å². The number of fused-ring (bicyclic) bond motifs is 1. The minimum atomic E-state index is -4.99. The lowest BCUT2D eigenvalue weighted by molar-refractivity contribution is -0.142. The predicted molar refractivity (Wildman–Crippen MR) is 160 cm³/mol. The van der Waals surface area contributed by atoms with Gasteiger partial charge in [-0.05, 0) is 79.6 Å². The van der Waals surface area contributed by atoms with E-state index in [1.807, 2.05) is 12.3 Å². The summed E-state index contributed by atoms with van der Waals surface area (Å²) in [6.07, 6.45) is -3.75. The molecule has 0 amide bonds. The summed E-state index contributed by atoms with van der Waals surface area (Å²) in [7, 11) is -1.84. The van der Waals surface area contributed by atoms with Crippen LogP contribution >= 0.6 is 0 Å². The van der Waals surface area contributed by atoms with Gasteiger partial charge in [0, 0.05) is 30.4 Å². The molecule has 0 bridgehead atoms. The normalized spacial score (nSPS) is 14.9. The zero-order valence-corrected chi connectivity index (χ0v) is 26.7. The maximum absolute atomic E-state index is 13.8. The van der Waals surface area contributed by atoms with Crippen LogP contribution in [0.4, 0.5) is 37.8 Å². The number of halogens is 6. The van der Waals surface area contributed by atoms with E-state index in [-0.39, 0.29) is 23.0 Å². The van der Waals surface area contributed by atoms with Crippen LogP contribution in [-0.2, 0) is 16.8 Å². The summed E-state index contributed by atoms with van der Waals surface area (Å²) in [6.45, 7) is 18.4. The lowest BCUT2D eigenvalue weighted by Gasteiger charge is -2.36. The third-order valence-corrected chi connectivity index (χ3v) is 12.8. The van der Waals surface area contributed by atoms with Crippen LogP contribution in [0.3, 0.4) is 0 Å². The molecule has 42 heavy (non-hydrogen) atoms. The minimum Gasteiger partial charge on any atom is -0.417 e. The molecule has 0 aliphatic carbocycles. The van der Waals surface area contributed by atoms with Crippen molar-refractivity contribution >= 4 is 30.7 Å². The van der Waals surface area contributed by atoms with Crippen molar-refractivity contribution in [1.29, 1.82) is 0 Å². The van der Waals surface area contributed by atoms with Crippen molar-refractivity contribution in [2.75, 3.05) is 11.9 Å². The monoisotopic (exact) mass is 615 g/mol. The fourth-order valence-corrected chi connectivity index (χ4v) is 5.94. The van der Waals surface area contributed by atoms with Gasteiger partial charge in [-0.15, -0.1) is 0 Å². The molecule has 0 saturated carbocycles. The van der Waals surface area contributed by atoms with Gasteiger partial charge in [-0.1, -0.05) is 41.5 Å². The first kappa shape index (κ1) is 34.0. The molecule has 2 heterocycles. The van der Waals surface area contributed by atoms with E-state index in [9.17, 15) is 26.3 Å². The highest BCUT2D eigenvalue weighted by Gasteiger charge is 2.39. The second-order valence-electron chi connectivity index (χ2n) is 13.2. The second-order valence-corrected chi connectivity index (χ2v) is 18.0. The molecule has 2 atom stereocenters. The Bertz CT molecular complexity index is 1340. The molecule has 2 unspecified atom stereocenters. The lowest BCUT2D eigenvalue weighted by Crippen LogP contribution is -2.41. The molecule has 0 saturated heterocycles. The number of benzene rings is 1. The van der Waals surface area contributed by atoms with Crippen molar-refractivity contribution in [1.82, 2.24) is 9.55 Å². The first-order valence-electron chi connectivity index (χ1n) is 14.4. The molecule has 0 fully saturated rings. The molecule has 1 N–H and O–H groups in total. The Morgan fingerprint density at radius 2 is 1.60 bits per heavy atom. The molecular weight excluding hydrogens is 572 g/mol. The van der Waals surface area contributed by atoms with Crippen LogP contribution in [0.2, 0.25) is 18.1 Å². The largest absolute Gasteiger partial charge is 0.418 e. The van der Waals surface area contributed by atoms with Gasteiger partial charge in [-0.2, -0.15) is 26.3 Å². The van der Waals surface area contributed by atoms with E-state index in [1.165, 1.54) is 6.20 Å².